The van der Waals surface area contributed by atoms with E-state index in [0.29, 0.717) is 17.4 Å². The van der Waals surface area contributed by atoms with Crippen molar-refractivity contribution in [1.29, 1.82) is 0 Å². The van der Waals surface area contributed by atoms with Gasteiger partial charge in [-0.2, -0.15) is 4.98 Å². The number of anilines is 1. The van der Waals surface area contributed by atoms with E-state index in [1.54, 1.807) is 13.0 Å². The Morgan fingerprint density at radius 1 is 1.38 bits per heavy atom. The first-order valence-electron chi connectivity index (χ1n) is 4.84. The van der Waals surface area contributed by atoms with Crippen LogP contribution in [-0.4, -0.2) is 16.0 Å². The Morgan fingerprint density at radius 3 is 2.75 bits per heavy atom. The van der Waals surface area contributed by atoms with Gasteiger partial charge >= 0.3 is 0 Å². The van der Waals surface area contributed by atoms with Gasteiger partial charge < -0.3 is 9.84 Å². The van der Waals surface area contributed by atoms with Gasteiger partial charge in [-0.3, -0.25) is 4.79 Å². The number of amides is 1. The van der Waals surface area contributed by atoms with Crippen LogP contribution in [-0.2, 0) is 4.79 Å². The average molecular weight is 217 g/mol. The van der Waals surface area contributed by atoms with E-state index in [1.165, 1.54) is 6.92 Å². The van der Waals surface area contributed by atoms with Crippen LogP contribution in [0.1, 0.15) is 12.7 Å². The molecule has 0 unspecified atom stereocenters. The molecular formula is C11H11N3O2. The molecule has 5 heteroatoms. The van der Waals surface area contributed by atoms with Crippen LogP contribution in [0.4, 0.5) is 5.69 Å². The molecule has 1 aromatic heterocycles. The maximum absolute atomic E-state index is 11.0. The lowest BCUT2D eigenvalue weighted by Gasteiger charge is -2.05. The summed E-state index contributed by atoms with van der Waals surface area (Å²) >= 11 is 0. The maximum atomic E-state index is 11.0. The van der Waals surface area contributed by atoms with Crippen molar-refractivity contribution in [3.05, 3.63) is 30.1 Å². The van der Waals surface area contributed by atoms with Crippen molar-refractivity contribution in [3.63, 3.8) is 0 Å². The van der Waals surface area contributed by atoms with E-state index < -0.39 is 0 Å². The van der Waals surface area contributed by atoms with Gasteiger partial charge in [0.05, 0.1) is 11.3 Å². The molecule has 1 amide bonds. The summed E-state index contributed by atoms with van der Waals surface area (Å²) in [6.45, 7) is 3.20. The van der Waals surface area contributed by atoms with Gasteiger partial charge in [-0.1, -0.05) is 17.3 Å². The van der Waals surface area contributed by atoms with Crippen LogP contribution in [0.2, 0.25) is 0 Å². The molecule has 0 radical (unpaired) electrons. The summed E-state index contributed by atoms with van der Waals surface area (Å²) in [6.07, 6.45) is 0. The Kier molecular flexibility index (Phi) is 2.68. The first kappa shape index (κ1) is 10.4. The van der Waals surface area contributed by atoms with Crippen molar-refractivity contribution in [1.82, 2.24) is 10.1 Å². The average Bonchev–Trinajstić information content (AvgIpc) is 2.65. The van der Waals surface area contributed by atoms with Gasteiger partial charge in [-0.15, -0.1) is 0 Å². The summed E-state index contributed by atoms with van der Waals surface area (Å²) in [4.78, 5) is 15.1. The topological polar surface area (TPSA) is 68.0 Å². The third-order valence-corrected chi connectivity index (χ3v) is 2.00. The van der Waals surface area contributed by atoms with E-state index in [4.69, 9.17) is 4.52 Å². The predicted octanol–water partition coefficient (Wildman–Crippen LogP) is 2.00. The number of para-hydroxylation sites is 1. The summed E-state index contributed by atoms with van der Waals surface area (Å²) in [5.41, 5.74) is 1.39. The van der Waals surface area contributed by atoms with Gasteiger partial charge in [0.25, 0.3) is 5.89 Å². The van der Waals surface area contributed by atoms with Crippen LogP contribution >= 0.6 is 0 Å². The van der Waals surface area contributed by atoms with Crippen LogP contribution in [0.5, 0.6) is 0 Å². The van der Waals surface area contributed by atoms with Gasteiger partial charge in [0, 0.05) is 6.92 Å². The zero-order valence-electron chi connectivity index (χ0n) is 9.02. The first-order valence-corrected chi connectivity index (χ1v) is 4.84. The lowest BCUT2D eigenvalue weighted by molar-refractivity contribution is -0.114. The summed E-state index contributed by atoms with van der Waals surface area (Å²) in [5.74, 6) is 0.832. The second-order valence-corrected chi connectivity index (χ2v) is 3.37. The van der Waals surface area contributed by atoms with Gasteiger partial charge in [0.1, 0.15) is 0 Å². The molecule has 0 fully saturated rings. The fraction of sp³-hybridized carbons (Fsp3) is 0.182. The number of carbonyl (C=O) groups excluding carboxylic acids is 1. The van der Waals surface area contributed by atoms with Crippen molar-refractivity contribution in [2.75, 3.05) is 5.32 Å². The highest BCUT2D eigenvalue weighted by atomic mass is 16.5. The summed E-state index contributed by atoms with van der Waals surface area (Å²) < 4.78 is 5.06. The van der Waals surface area contributed by atoms with E-state index in [2.05, 4.69) is 15.5 Å². The molecule has 82 valence electrons. The van der Waals surface area contributed by atoms with Crippen molar-refractivity contribution in [2.24, 2.45) is 0 Å². The SMILES string of the molecule is CC(=O)Nc1ccccc1-c1nc(C)no1. The lowest BCUT2D eigenvalue weighted by atomic mass is 10.2. The molecule has 5 nitrogen and oxygen atoms in total. The van der Waals surface area contributed by atoms with Crippen molar-refractivity contribution in [3.8, 4) is 11.5 Å². The minimum atomic E-state index is -0.135. The number of aryl methyl sites for hydroxylation is 1. The van der Waals surface area contributed by atoms with Gasteiger partial charge in [-0.05, 0) is 19.1 Å². The molecule has 1 heterocycles. The Labute approximate surface area is 92.5 Å². The quantitative estimate of drug-likeness (QED) is 0.835. The monoisotopic (exact) mass is 217 g/mol. The van der Waals surface area contributed by atoms with E-state index in [1.807, 2.05) is 18.2 Å². The van der Waals surface area contributed by atoms with Crippen LogP contribution in [0.25, 0.3) is 11.5 Å². The maximum Gasteiger partial charge on any atom is 0.260 e. The second kappa shape index (κ2) is 4.14. The first-order chi connectivity index (χ1) is 7.66. The van der Waals surface area contributed by atoms with Crippen LogP contribution in [0, 0.1) is 6.92 Å². The predicted molar refractivity (Wildman–Crippen MR) is 58.8 cm³/mol. The number of hydrogen-bond acceptors (Lipinski definition) is 4. The smallest absolute Gasteiger partial charge is 0.260 e. The minimum absolute atomic E-state index is 0.135. The fourth-order valence-electron chi connectivity index (χ4n) is 1.37. The third kappa shape index (κ3) is 2.08. The molecule has 0 atom stereocenters. The summed E-state index contributed by atoms with van der Waals surface area (Å²) in [5, 5.41) is 6.43. The molecule has 16 heavy (non-hydrogen) atoms. The number of nitrogens with zero attached hydrogens (tertiary/aromatic N) is 2. The highest BCUT2D eigenvalue weighted by Gasteiger charge is 2.11. The molecule has 2 aromatic rings. The van der Waals surface area contributed by atoms with E-state index in [-0.39, 0.29) is 5.91 Å². The molecule has 1 N–H and O–H groups in total. The van der Waals surface area contributed by atoms with Gasteiger partial charge in [0.15, 0.2) is 5.82 Å². The van der Waals surface area contributed by atoms with Gasteiger partial charge in [0.2, 0.25) is 5.91 Å². The Bertz CT molecular complexity index is 519. The van der Waals surface area contributed by atoms with Crippen molar-refractivity contribution >= 4 is 11.6 Å². The molecular weight excluding hydrogens is 206 g/mol. The largest absolute Gasteiger partial charge is 0.334 e. The number of rotatable bonds is 2. The van der Waals surface area contributed by atoms with Crippen LogP contribution in [0.3, 0.4) is 0 Å². The molecule has 2 rings (SSSR count). The van der Waals surface area contributed by atoms with Gasteiger partial charge in [-0.25, -0.2) is 0 Å². The minimum Gasteiger partial charge on any atom is -0.334 e. The van der Waals surface area contributed by atoms with Crippen molar-refractivity contribution < 1.29 is 9.32 Å². The van der Waals surface area contributed by atoms with E-state index in [0.717, 1.165) is 5.56 Å². The standard InChI is InChI=1S/C11H11N3O2/c1-7-12-11(16-14-7)9-5-3-4-6-10(9)13-8(2)15/h3-6H,1-2H3,(H,13,15). The Balaban J connectivity index is 2.43. The number of carbonyl (C=O) groups is 1. The highest BCUT2D eigenvalue weighted by Crippen LogP contribution is 2.25. The number of nitrogens with one attached hydrogen (secondary N) is 1. The summed E-state index contributed by atoms with van der Waals surface area (Å²) in [7, 11) is 0. The van der Waals surface area contributed by atoms with Crippen molar-refractivity contribution in [2.45, 2.75) is 13.8 Å². The van der Waals surface area contributed by atoms with E-state index in [9.17, 15) is 4.79 Å². The zero-order valence-corrected chi connectivity index (χ0v) is 9.02. The molecule has 0 aliphatic rings. The molecule has 0 aliphatic carbocycles. The lowest BCUT2D eigenvalue weighted by Crippen LogP contribution is -2.06. The van der Waals surface area contributed by atoms with Crippen LogP contribution in [0.15, 0.2) is 28.8 Å². The Morgan fingerprint density at radius 2 is 2.12 bits per heavy atom. The summed E-state index contributed by atoms with van der Waals surface area (Å²) in [6, 6.07) is 7.28. The van der Waals surface area contributed by atoms with Crippen LogP contribution < -0.4 is 5.32 Å². The second-order valence-electron chi connectivity index (χ2n) is 3.37. The molecule has 1 aromatic carbocycles. The highest BCUT2D eigenvalue weighted by molar-refractivity contribution is 5.92. The molecule has 0 saturated carbocycles. The number of hydrogen-bond donors (Lipinski definition) is 1. The zero-order chi connectivity index (χ0) is 11.5. The molecule has 0 aliphatic heterocycles. The molecule has 0 saturated heterocycles. The number of aromatic nitrogens is 2. The normalized spacial score (nSPS) is 10.1. The number of benzene rings is 1. The van der Waals surface area contributed by atoms with E-state index >= 15 is 0 Å². The molecule has 0 bridgehead atoms. The fourth-order valence-corrected chi connectivity index (χ4v) is 1.37. The Hall–Kier alpha value is -2.17. The third-order valence-electron chi connectivity index (χ3n) is 2.00. The molecule has 0 spiro atoms.